The highest BCUT2D eigenvalue weighted by Gasteiger charge is 2.70. The zero-order valence-corrected chi connectivity index (χ0v) is 22.5. The highest BCUT2D eigenvalue weighted by Crippen LogP contribution is 2.75. The molecule has 0 aliphatic heterocycles. The lowest BCUT2D eigenvalue weighted by Gasteiger charge is -2.72. The molecule has 0 heterocycles. The van der Waals surface area contributed by atoms with Crippen LogP contribution >= 0.6 is 0 Å². The number of rotatable bonds is 0. The van der Waals surface area contributed by atoms with Crippen LogP contribution in [0.4, 0.5) is 0 Å². The molecule has 3 N–H and O–H groups in total. The average molecular weight is 459 g/mol. The van der Waals surface area contributed by atoms with E-state index in [2.05, 4.69) is 61.5 Å². The molecule has 0 bridgehead atoms. The molecule has 188 valence electrons. The molecule has 5 rings (SSSR count). The van der Waals surface area contributed by atoms with E-state index >= 15 is 0 Å². The van der Waals surface area contributed by atoms with Gasteiger partial charge in [0, 0.05) is 5.41 Å². The van der Waals surface area contributed by atoms with E-state index in [1.807, 2.05) is 0 Å². The fourth-order valence-corrected chi connectivity index (χ4v) is 10.9. The van der Waals surface area contributed by atoms with Crippen molar-refractivity contribution in [2.45, 2.75) is 119 Å². The molecule has 0 unspecified atom stereocenters. The molecule has 0 amide bonds. The van der Waals surface area contributed by atoms with Crippen molar-refractivity contribution in [3.05, 3.63) is 11.6 Å². The molecule has 0 aromatic carbocycles. The summed E-state index contributed by atoms with van der Waals surface area (Å²) in [5.74, 6) is 2.29. The van der Waals surface area contributed by atoms with Gasteiger partial charge in [-0.2, -0.15) is 0 Å². The van der Waals surface area contributed by atoms with Crippen molar-refractivity contribution < 1.29 is 15.3 Å². The van der Waals surface area contributed by atoms with Crippen molar-refractivity contribution in [2.75, 3.05) is 0 Å². The minimum atomic E-state index is -0.472. The summed E-state index contributed by atoms with van der Waals surface area (Å²) in [5.41, 5.74) is 1.38. The minimum Gasteiger partial charge on any atom is -0.393 e. The third kappa shape index (κ3) is 2.74. The molecule has 4 saturated carbocycles. The van der Waals surface area contributed by atoms with Crippen LogP contribution in [0.1, 0.15) is 100 Å². The topological polar surface area (TPSA) is 60.7 Å². The fourth-order valence-electron chi connectivity index (χ4n) is 10.9. The van der Waals surface area contributed by atoms with Gasteiger partial charge in [0.1, 0.15) is 0 Å². The molecule has 3 nitrogen and oxygen atoms in total. The van der Waals surface area contributed by atoms with Crippen LogP contribution in [0.2, 0.25) is 0 Å². The predicted octanol–water partition coefficient (Wildman–Crippen LogP) is 5.97. The first-order valence-corrected chi connectivity index (χ1v) is 13.9. The normalized spacial score (nSPS) is 60.0. The van der Waals surface area contributed by atoms with E-state index in [4.69, 9.17) is 0 Å². The van der Waals surface area contributed by atoms with Crippen molar-refractivity contribution in [3.8, 4) is 0 Å². The Hall–Kier alpha value is -0.380. The van der Waals surface area contributed by atoms with Gasteiger partial charge in [-0.25, -0.2) is 0 Å². The van der Waals surface area contributed by atoms with Gasteiger partial charge in [0.25, 0.3) is 0 Å². The van der Waals surface area contributed by atoms with Gasteiger partial charge in [-0.15, -0.1) is 0 Å². The molecule has 0 aromatic rings. The molecule has 4 fully saturated rings. The van der Waals surface area contributed by atoms with Crippen LogP contribution in [-0.2, 0) is 0 Å². The Kier molecular flexibility index (Phi) is 5.23. The van der Waals surface area contributed by atoms with E-state index < -0.39 is 17.6 Å². The summed E-state index contributed by atoms with van der Waals surface area (Å²) in [7, 11) is 0. The van der Waals surface area contributed by atoms with Crippen LogP contribution in [0.3, 0.4) is 0 Å². The highest BCUT2D eigenvalue weighted by molar-refractivity contribution is 5.35. The lowest BCUT2D eigenvalue weighted by atomic mass is 9.33. The number of aliphatic hydroxyl groups is 3. The maximum absolute atomic E-state index is 11.7. The Morgan fingerprint density at radius 3 is 2.15 bits per heavy atom. The zero-order chi connectivity index (χ0) is 24.4. The largest absolute Gasteiger partial charge is 0.393 e. The summed E-state index contributed by atoms with van der Waals surface area (Å²) < 4.78 is 0. The van der Waals surface area contributed by atoms with E-state index in [-0.39, 0.29) is 33.7 Å². The van der Waals surface area contributed by atoms with Gasteiger partial charge in [-0.3, -0.25) is 0 Å². The van der Waals surface area contributed by atoms with Gasteiger partial charge < -0.3 is 15.3 Å². The van der Waals surface area contributed by atoms with E-state index in [9.17, 15) is 15.3 Å². The van der Waals surface area contributed by atoms with Crippen LogP contribution in [0.15, 0.2) is 11.6 Å². The second-order valence-electron chi connectivity index (χ2n) is 14.8. The lowest BCUT2D eigenvalue weighted by molar-refractivity contribution is -0.227. The smallest absolute Gasteiger partial charge is 0.0632 e. The number of fused-ring (bicyclic) bond motifs is 7. The first kappa shape index (κ1) is 24.3. The molecule has 0 radical (unpaired) electrons. The predicted molar refractivity (Wildman–Crippen MR) is 133 cm³/mol. The Morgan fingerprint density at radius 2 is 1.48 bits per heavy atom. The Balaban J connectivity index is 1.63. The lowest BCUT2D eigenvalue weighted by Crippen LogP contribution is -2.68. The number of allylic oxidation sites excluding steroid dienone is 2. The summed E-state index contributed by atoms with van der Waals surface area (Å²) in [6, 6.07) is 0. The van der Waals surface area contributed by atoms with Crippen LogP contribution in [0.25, 0.3) is 0 Å². The minimum absolute atomic E-state index is 0.0404. The zero-order valence-electron chi connectivity index (χ0n) is 22.5. The summed E-state index contributed by atoms with van der Waals surface area (Å²) in [4.78, 5) is 0. The monoisotopic (exact) mass is 458 g/mol. The first-order valence-electron chi connectivity index (χ1n) is 13.9. The van der Waals surface area contributed by atoms with Crippen LogP contribution in [-0.4, -0.2) is 33.6 Å². The fraction of sp³-hybridized carbons (Fsp3) is 0.933. The quantitative estimate of drug-likeness (QED) is 0.392. The molecule has 12 atom stereocenters. The van der Waals surface area contributed by atoms with Gasteiger partial charge in [0.15, 0.2) is 0 Å². The number of aliphatic hydroxyl groups excluding tert-OH is 3. The van der Waals surface area contributed by atoms with Crippen molar-refractivity contribution >= 4 is 0 Å². The molecule has 0 saturated heterocycles. The van der Waals surface area contributed by atoms with E-state index in [0.717, 1.165) is 32.1 Å². The van der Waals surface area contributed by atoms with Crippen molar-refractivity contribution in [1.82, 2.24) is 0 Å². The van der Waals surface area contributed by atoms with Crippen molar-refractivity contribution in [3.63, 3.8) is 0 Å². The van der Waals surface area contributed by atoms with Gasteiger partial charge in [0.05, 0.1) is 18.3 Å². The molecule has 5 aliphatic carbocycles. The summed E-state index contributed by atoms with van der Waals surface area (Å²) >= 11 is 0. The van der Waals surface area contributed by atoms with Crippen LogP contribution in [0, 0.1) is 56.7 Å². The van der Waals surface area contributed by atoms with Crippen LogP contribution < -0.4 is 0 Å². The Bertz CT molecular complexity index is 847. The van der Waals surface area contributed by atoms with Crippen LogP contribution in [0.5, 0.6) is 0 Å². The second-order valence-corrected chi connectivity index (χ2v) is 14.8. The van der Waals surface area contributed by atoms with Crippen molar-refractivity contribution in [1.29, 1.82) is 0 Å². The first-order chi connectivity index (χ1) is 15.2. The molecule has 3 heteroatoms. The van der Waals surface area contributed by atoms with Gasteiger partial charge >= 0.3 is 0 Å². The summed E-state index contributed by atoms with van der Waals surface area (Å²) in [6.45, 7) is 19.0. The summed E-state index contributed by atoms with van der Waals surface area (Å²) in [5, 5.41) is 33.9. The molecular weight excluding hydrogens is 408 g/mol. The van der Waals surface area contributed by atoms with Gasteiger partial charge in [-0.1, -0.05) is 67.0 Å². The average Bonchev–Trinajstić information content (AvgIpc) is 2.71. The number of hydrogen-bond donors (Lipinski definition) is 3. The van der Waals surface area contributed by atoms with E-state index in [1.165, 1.54) is 12.8 Å². The van der Waals surface area contributed by atoms with Crippen molar-refractivity contribution in [2.24, 2.45) is 56.7 Å². The van der Waals surface area contributed by atoms with E-state index in [0.29, 0.717) is 23.7 Å². The molecular formula is C30H50O3. The third-order valence-electron chi connectivity index (χ3n) is 13.6. The SMILES string of the molecule is C[C@H]1[C@H](C)C[C@H](O)[C@@]2(C)[C@@H]1C1=CC[C@@H]3[C@@]4(C)CC[C@H](O)C(C)(C)[C@@H]4CC[C@@]3(C)[C@]1(C)C[C@@H]2O. The molecule has 0 spiro atoms. The molecule has 33 heavy (non-hydrogen) atoms. The van der Waals surface area contributed by atoms with E-state index in [1.54, 1.807) is 5.57 Å². The Morgan fingerprint density at radius 1 is 0.818 bits per heavy atom. The maximum atomic E-state index is 11.7. The second kappa shape index (κ2) is 7.10. The Labute approximate surface area is 202 Å². The highest BCUT2D eigenvalue weighted by atomic mass is 16.3. The van der Waals surface area contributed by atoms with Gasteiger partial charge in [0.2, 0.25) is 0 Å². The van der Waals surface area contributed by atoms with Gasteiger partial charge in [-0.05, 0) is 96.2 Å². The standard InChI is InChI=1S/C30H50O3/c1-17-15-23(32)30(8)24(33)16-29(7)19(25(30)18(17)2)9-10-21-27(5)13-12-22(31)26(3,4)20(27)11-14-28(21,29)6/h9,17-18,20-25,31-33H,10-16H2,1-8H3/t17-,18+,20+,21-,22+,23+,24+,25+,27+,28-,29-,30-/m1/s1. The number of hydrogen-bond acceptors (Lipinski definition) is 3. The molecule has 5 aliphatic rings. The molecule has 0 aromatic heterocycles. The summed E-state index contributed by atoms with van der Waals surface area (Å²) in [6.07, 6.45) is 8.52. The third-order valence-corrected chi connectivity index (χ3v) is 13.6. The maximum Gasteiger partial charge on any atom is 0.0632 e.